The Bertz CT molecular complexity index is 483. The number of aryl methyl sites for hydroxylation is 1. The molecule has 0 aliphatic heterocycles. The lowest BCUT2D eigenvalue weighted by Gasteiger charge is -2.07. The molecular formula is C12H17N5S. The Morgan fingerprint density at radius 1 is 1.33 bits per heavy atom. The van der Waals surface area contributed by atoms with Crippen LogP contribution >= 0.6 is 11.3 Å². The highest BCUT2D eigenvalue weighted by molar-refractivity contribution is 7.09. The van der Waals surface area contributed by atoms with Gasteiger partial charge in [0.1, 0.15) is 17.5 Å². The van der Waals surface area contributed by atoms with E-state index in [1.165, 1.54) is 0 Å². The first-order valence-corrected chi connectivity index (χ1v) is 6.91. The molecule has 0 bridgehead atoms. The zero-order valence-electron chi connectivity index (χ0n) is 10.4. The van der Waals surface area contributed by atoms with Crippen molar-refractivity contribution in [2.75, 3.05) is 17.6 Å². The van der Waals surface area contributed by atoms with E-state index >= 15 is 0 Å². The fourth-order valence-corrected chi connectivity index (χ4v) is 2.24. The van der Waals surface area contributed by atoms with Gasteiger partial charge in [-0.15, -0.1) is 11.3 Å². The second-order valence-electron chi connectivity index (χ2n) is 3.95. The van der Waals surface area contributed by atoms with Crippen molar-refractivity contribution in [3.8, 4) is 0 Å². The molecule has 0 saturated carbocycles. The Kier molecular flexibility index (Phi) is 4.46. The van der Waals surface area contributed by atoms with Crippen molar-refractivity contribution in [1.29, 1.82) is 0 Å². The van der Waals surface area contributed by atoms with Crippen LogP contribution in [0.5, 0.6) is 0 Å². The summed E-state index contributed by atoms with van der Waals surface area (Å²) in [7, 11) is 0. The number of thiazole rings is 1. The van der Waals surface area contributed by atoms with E-state index in [2.05, 4.69) is 27.2 Å². The fraction of sp³-hybridized carbons (Fsp3) is 0.417. The molecule has 0 aliphatic rings. The summed E-state index contributed by atoms with van der Waals surface area (Å²) in [6.07, 6.45) is 4.58. The Hall–Kier alpha value is -1.69. The quantitative estimate of drug-likeness (QED) is 0.835. The van der Waals surface area contributed by atoms with Gasteiger partial charge in [-0.25, -0.2) is 15.0 Å². The molecule has 0 unspecified atom stereocenters. The topological polar surface area (TPSA) is 76.7 Å². The smallest absolute Gasteiger partial charge is 0.133 e. The van der Waals surface area contributed by atoms with E-state index in [4.69, 9.17) is 5.73 Å². The lowest BCUT2D eigenvalue weighted by Crippen LogP contribution is -2.09. The molecule has 0 atom stereocenters. The van der Waals surface area contributed by atoms with Crippen molar-refractivity contribution in [3.05, 3.63) is 28.5 Å². The Labute approximate surface area is 111 Å². The van der Waals surface area contributed by atoms with E-state index in [9.17, 15) is 0 Å². The molecule has 0 amide bonds. The van der Waals surface area contributed by atoms with Crippen LogP contribution < -0.4 is 11.1 Å². The van der Waals surface area contributed by atoms with Crippen LogP contribution in [0.3, 0.4) is 0 Å². The maximum Gasteiger partial charge on any atom is 0.133 e. The first kappa shape index (κ1) is 12.8. The number of nitrogens with two attached hydrogens (primary N) is 1. The van der Waals surface area contributed by atoms with E-state index < -0.39 is 0 Å². The number of nitrogen functional groups attached to an aromatic ring is 1. The molecule has 0 saturated heterocycles. The predicted molar refractivity (Wildman–Crippen MR) is 74.7 cm³/mol. The first-order chi connectivity index (χ1) is 8.78. The van der Waals surface area contributed by atoms with Crippen LogP contribution in [0.15, 0.2) is 17.6 Å². The first-order valence-electron chi connectivity index (χ1n) is 6.03. The van der Waals surface area contributed by atoms with Gasteiger partial charge >= 0.3 is 0 Å². The Morgan fingerprint density at radius 3 is 2.94 bits per heavy atom. The molecule has 0 aromatic carbocycles. The average molecular weight is 263 g/mol. The highest BCUT2D eigenvalue weighted by Gasteiger charge is 2.02. The van der Waals surface area contributed by atoms with Crippen LogP contribution in [-0.4, -0.2) is 21.5 Å². The highest BCUT2D eigenvalue weighted by atomic mass is 32.1. The standard InChI is InChI=1S/C12H17N5S/c1-2-3-10-16-9(13)8-11(17-10)14-5-4-12-15-6-7-18-12/h6-8H,2-5H2,1H3,(H3,13,14,16,17). The molecule has 6 heteroatoms. The molecule has 2 aromatic rings. The molecule has 5 nitrogen and oxygen atoms in total. The molecular weight excluding hydrogens is 246 g/mol. The van der Waals surface area contributed by atoms with Crippen LogP contribution in [0.4, 0.5) is 11.6 Å². The fourth-order valence-electron chi connectivity index (χ4n) is 1.62. The van der Waals surface area contributed by atoms with Gasteiger partial charge in [-0.3, -0.25) is 0 Å². The SMILES string of the molecule is CCCc1nc(N)cc(NCCc2nccs2)n1. The average Bonchev–Trinajstić information content (AvgIpc) is 2.82. The maximum atomic E-state index is 5.75. The summed E-state index contributed by atoms with van der Waals surface area (Å²) in [5, 5.41) is 6.37. The van der Waals surface area contributed by atoms with Gasteiger partial charge in [0.2, 0.25) is 0 Å². The van der Waals surface area contributed by atoms with Crippen molar-refractivity contribution in [2.24, 2.45) is 0 Å². The summed E-state index contributed by atoms with van der Waals surface area (Å²) in [6, 6.07) is 1.76. The van der Waals surface area contributed by atoms with Gasteiger partial charge in [-0.1, -0.05) is 6.92 Å². The van der Waals surface area contributed by atoms with E-state index in [0.717, 1.165) is 42.5 Å². The maximum absolute atomic E-state index is 5.75. The minimum atomic E-state index is 0.519. The Balaban J connectivity index is 1.92. The highest BCUT2D eigenvalue weighted by Crippen LogP contribution is 2.10. The van der Waals surface area contributed by atoms with Crippen LogP contribution in [0.2, 0.25) is 0 Å². The van der Waals surface area contributed by atoms with Crippen LogP contribution in [0, 0.1) is 0 Å². The van der Waals surface area contributed by atoms with Gasteiger partial charge in [-0.2, -0.15) is 0 Å². The van der Waals surface area contributed by atoms with Crippen molar-refractivity contribution < 1.29 is 0 Å². The molecule has 18 heavy (non-hydrogen) atoms. The van der Waals surface area contributed by atoms with Crippen molar-refractivity contribution in [3.63, 3.8) is 0 Å². The van der Waals surface area contributed by atoms with Gasteiger partial charge in [0.05, 0.1) is 5.01 Å². The van der Waals surface area contributed by atoms with Crippen LogP contribution in [0.25, 0.3) is 0 Å². The molecule has 3 N–H and O–H groups in total. The normalized spacial score (nSPS) is 10.5. The van der Waals surface area contributed by atoms with Crippen LogP contribution in [0.1, 0.15) is 24.2 Å². The summed E-state index contributed by atoms with van der Waals surface area (Å²) >= 11 is 1.66. The zero-order chi connectivity index (χ0) is 12.8. The molecule has 0 fully saturated rings. The van der Waals surface area contributed by atoms with E-state index in [1.54, 1.807) is 17.4 Å². The number of anilines is 2. The largest absolute Gasteiger partial charge is 0.384 e. The second-order valence-corrected chi connectivity index (χ2v) is 4.93. The minimum Gasteiger partial charge on any atom is -0.384 e. The monoisotopic (exact) mass is 263 g/mol. The molecule has 0 aliphatic carbocycles. The predicted octanol–water partition coefficient (Wildman–Crippen LogP) is 2.12. The number of aromatic nitrogens is 3. The molecule has 2 aromatic heterocycles. The van der Waals surface area contributed by atoms with Gasteiger partial charge in [0, 0.05) is 37.0 Å². The summed E-state index contributed by atoms with van der Waals surface area (Å²) in [5.74, 6) is 2.11. The number of nitrogens with zero attached hydrogens (tertiary/aromatic N) is 3. The van der Waals surface area contributed by atoms with Gasteiger partial charge in [0.25, 0.3) is 0 Å². The molecule has 0 radical (unpaired) electrons. The number of hydrogen-bond acceptors (Lipinski definition) is 6. The Morgan fingerprint density at radius 2 is 2.22 bits per heavy atom. The van der Waals surface area contributed by atoms with Crippen molar-refractivity contribution >= 4 is 23.0 Å². The molecule has 96 valence electrons. The lowest BCUT2D eigenvalue weighted by atomic mass is 10.3. The molecule has 2 rings (SSSR count). The summed E-state index contributed by atoms with van der Waals surface area (Å²) in [6.45, 7) is 2.90. The summed E-state index contributed by atoms with van der Waals surface area (Å²) in [4.78, 5) is 12.9. The number of hydrogen-bond donors (Lipinski definition) is 2. The minimum absolute atomic E-state index is 0.519. The third kappa shape index (κ3) is 3.66. The van der Waals surface area contributed by atoms with Gasteiger partial charge in [0.15, 0.2) is 0 Å². The number of rotatable bonds is 6. The number of nitrogens with one attached hydrogen (secondary N) is 1. The third-order valence-corrected chi connectivity index (χ3v) is 3.23. The van der Waals surface area contributed by atoms with E-state index in [1.807, 2.05) is 11.6 Å². The lowest BCUT2D eigenvalue weighted by molar-refractivity contribution is 0.835. The van der Waals surface area contributed by atoms with Crippen molar-refractivity contribution in [1.82, 2.24) is 15.0 Å². The van der Waals surface area contributed by atoms with Gasteiger partial charge < -0.3 is 11.1 Å². The van der Waals surface area contributed by atoms with Crippen molar-refractivity contribution in [2.45, 2.75) is 26.2 Å². The van der Waals surface area contributed by atoms with E-state index in [-0.39, 0.29) is 0 Å². The molecule has 2 heterocycles. The van der Waals surface area contributed by atoms with E-state index in [0.29, 0.717) is 5.82 Å². The third-order valence-electron chi connectivity index (χ3n) is 2.39. The second kappa shape index (κ2) is 6.30. The summed E-state index contributed by atoms with van der Waals surface area (Å²) in [5.41, 5.74) is 5.75. The molecule has 0 spiro atoms. The van der Waals surface area contributed by atoms with Crippen LogP contribution in [-0.2, 0) is 12.8 Å². The van der Waals surface area contributed by atoms with Gasteiger partial charge in [-0.05, 0) is 6.42 Å². The zero-order valence-corrected chi connectivity index (χ0v) is 11.2. The summed E-state index contributed by atoms with van der Waals surface area (Å²) < 4.78 is 0.